The van der Waals surface area contributed by atoms with Crippen molar-refractivity contribution in [2.45, 2.75) is 45.9 Å². The van der Waals surface area contributed by atoms with Crippen molar-refractivity contribution in [3.05, 3.63) is 145 Å². The second-order valence-corrected chi connectivity index (χ2v) is 10.9. The Morgan fingerprint density at radius 3 is 1.58 bits per heavy atom. The molecular weight excluding hydrogens is 600 g/mol. The Balaban J connectivity index is 0.000000171. The van der Waals surface area contributed by atoms with Crippen LogP contribution in [0.15, 0.2) is 122 Å². The van der Waals surface area contributed by atoms with E-state index >= 15 is 0 Å². The number of ether oxygens (including phenoxy) is 2. The Kier molecular flexibility index (Phi) is 11.3. The summed E-state index contributed by atoms with van der Waals surface area (Å²) in [5, 5.41) is 0.990. The maximum absolute atomic E-state index is 5.86. The second kappa shape index (κ2) is 16.0. The molecule has 0 saturated carbocycles. The molecule has 0 aliphatic carbocycles. The molecule has 43 heavy (non-hydrogen) atoms. The molecule has 0 saturated heterocycles. The average Bonchev–Trinajstić information content (AvgIpc) is 3.59. The van der Waals surface area contributed by atoms with Crippen molar-refractivity contribution >= 4 is 38.0 Å². The quantitative estimate of drug-likeness (QED) is 0.0942. The van der Waals surface area contributed by atoms with E-state index in [0.717, 1.165) is 53.0 Å². The molecule has 0 N–H and O–H groups in total. The molecular formula is C36H37BrN4O2. The number of aryl methyl sites for hydroxylation is 1. The first-order chi connectivity index (χ1) is 21.3. The van der Waals surface area contributed by atoms with Gasteiger partial charge in [0.1, 0.15) is 24.9 Å². The molecule has 4 aromatic carbocycles. The number of aromatic nitrogens is 4. The van der Waals surface area contributed by atoms with Crippen LogP contribution in [0.3, 0.4) is 0 Å². The number of benzene rings is 4. The van der Waals surface area contributed by atoms with Crippen LogP contribution in [0.4, 0.5) is 0 Å². The molecule has 2 aromatic heterocycles. The van der Waals surface area contributed by atoms with Crippen molar-refractivity contribution in [2.24, 2.45) is 0 Å². The molecule has 2 heterocycles. The lowest BCUT2D eigenvalue weighted by Crippen LogP contribution is -2.06. The number of hydrogen-bond donors (Lipinski definition) is 0. The maximum Gasteiger partial charge on any atom is 0.136 e. The van der Waals surface area contributed by atoms with Gasteiger partial charge >= 0.3 is 0 Å². The number of imidazole rings is 2. The zero-order valence-corrected chi connectivity index (χ0v) is 25.9. The first-order valence-corrected chi connectivity index (χ1v) is 15.7. The molecule has 0 aliphatic heterocycles. The number of allylic oxidation sites excluding steroid dienone is 1. The topological polar surface area (TPSA) is 54.1 Å². The van der Waals surface area contributed by atoms with E-state index < -0.39 is 0 Å². The van der Waals surface area contributed by atoms with Crippen molar-refractivity contribution in [3.8, 4) is 0 Å². The van der Waals surface area contributed by atoms with Crippen LogP contribution in [-0.2, 0) is 49.0 Å². The number of hydrogen-bond acceptors (Lipinski definition) is 4. The molecule has 0 fully saturated rings. The van der Waals surface area contributed by atoms with E-state index in [1.54, 1.807) is 0 Å². The summed E-state index contributed by atoms with van der Waals surface area (Å²) in [4.78, 5) is 9.37. The van der Waals surface area contributed by atoms with Crippen molar-refractivity contribution in [1.29, 1.82) is 0 Å². The summed E-state index contributed by atoms with van der Waals surface area (Å²) in [5.41, 5.74) is 6.69. The van der Waals surface area contributed by atoms with Gasteiger partial charge in [-0.1, -0.05) is 107 Å². The molecule has 0 spiro atoms. The molecule has 7 heteroatoms. The van der Waals surface area contributed by atoms with Gasteiger partial charge in [-0.15, -0.1) is 6.58 Å². The van der Waals surface area contributed by atoms with Gasteiger partial charge in [0.15, 0.2) is 0 Å². The molecule has 0 aliphatic rings. The van der Waals surface area contributed by atoms with Gasteiger partial charge in [0.05, 0.1) is 35.3 Å². The number of rotatable bonds is 13. The van der Waals surface area contributed by atoms with E-state index in [1.807, 2.05) is 66.7 Å². The highest BCUT2D eigenvalue weighted by Gasteiger charge is 2.11. The van der Waals surface area contributed by atoms with Crippen LogP contribution in [0, 0.1) is 0 Å². The highest BCUT2D eigenvalue weighted by Crippen LogP contribution is 2.19. The molecule has 6 nitrogen and oxygen atoms in total. The van der Waals surface area contributed by atoms with E-state index in [-0.39, 0.29) is 0 Å². The third-order valence-electron chi connectivity index (χ3n) is 6.98. The highest BCUT2D eigenvalue weighted by molar-refractivity contribution is 9.09. The van der Waals surface area contributed by atoms with Crippen LogP contribution in [0.1, 0.15) is 29.2 Å². The summed E-state index contributed by atoms with van der Waals surface area (Å²) < 4.78 is 16.1. The Morgan fingerprint density at radius 2 is 1.07 bits per heavy atom. The number of halogens is 1. The third kappa shape index (κ3) is 8.29. The largest absolute Gasteiger partial charge is 0.369 e. The van der Waals surface area contributed by atoms with Crippen LogP contribution >= 0.6 is 15.9 Å². The Hall–Kier alpha value is -4.04. The van der Waals surface area contributed by atoms with Gasteiger partial charge in [0.2, 0.25) is 0 Å². The predicted molar refractivity (Wildman–Crippen MR) is 178 cm³/mol. The fraction of sp³-hybridized carbons (Fsp3) is 0.222. The molecule has 0 atom stereocenters. The minimum Gasteiger partial charge on any atom is -0.369 e. The summed E-state index contributed by atoms with van der Waals surface area (Å²) in [6.07, 6.45) is 2.96. The van der Waals surface area contributed by atoms with Crippen LogP contribution in [0.5, 0.6) is 0 Å². The van der Waals surface area contributed by atoms with E-state index in [9.17, 15) is 0 Å². The Labute approximate surface area is 261 Å². The molecule has 0 bridgehead atoms. The van der Waals surface area contributed by atoms with Crippen LogP contribution in [0.2, 0.25) is 0 Å². The summed E-state index contributed by atoms with van der Waals surface area (Å²) in [6.45, 7) is 7.76. The summed E-state index contributed by atoms with van der Waals surface area (Å²) in [5.74, 6) is 1.94. The lowest BCUT2D eigenvalue weighted by molar-refractivity contribution is 0.0996. The van der Waals surface area contributed by atoms with Gasteiger partial charge in [0.25, 0.3) is 0 Å². The lowest BCUT2D eigenvalue weighted by atomic mass is 10.2. The zero-order chi connectivity index (χ0) is 29.7. The number of nitrogens with zero attached hydrogens (tertiary/aromatic N) is 4. The first kappa shape index (κ1) is 30.4. The molecule has 220 valence electrons. The van der Waals surface area contributed by atoms with E-state index in [2.05, 4.69) is 85.2 Å². The van der Waals surface area contributed by atoms with Crippen molar-refractivity contribution in [2.75, 3.05) is 5.33 Å². The Morgan fingerprint density at radius 1 is 0.605 bits per heavy atom. The number of para-hydroxylation sites is 4. The normalized spacial score (nSPS) is 11.0. The summed E-state index contributed by atoms with van der Waals surface area (Å²) in [6, 6.07) is 36.8. The van der Waals surface area contributed by atoms with Crippen LogP contribution in [0.25, 0.3) is 22.1 Å². The van der Waals surface area contributed by atoms with Gasteiger partial charge in [-0.05, 0) is 41.8 Å². The molecule has 6 aromatic rings. The summed E-state index contributed by atoms with van der Waals surface area (Å²) >= 11 is 3.50. The van der Waals surface area contributed by atoms with Gasteiger partial charge < -0.3 is 18.6 Å². The smallest absolute Gasteiger partial charge is 0.136 e. The summed E-state index contributed by atoms with van der Waals surface area (Å²) in [7, 11) is 0. The predicted octanol–water partition coefficient (Wildman–Crippen LogP) is 8.48. The first-order valence-electron chi connectivity index (χ1n) is 14.6. The minimum absolute atomic E-state index is 0.497. The lowest BCUT2D eigenvalue weighted by Gasteiger charge is -2.09. The van der Waals surface area contributed by atoms with Gasteiger partial charge in [-0.3, -0.25) is 0 Å². The molecule has 0 unspecified atom stereocenters. The van der Waals surface area contributed by atoms with E-state index in [0.29, 0.717) is 26.4 Å². The number of fused-ring (bicyclic) bond motifs is 2. The van der Waals surface area contributed by atoms with E-state index in [1.165, 1.54) is 16.6 Å². The average molecular weight is 638 g/mol. The highest BCUT2D eigenvalue weighted by atomic mass is 79.9. The molecule has 0 amide bonds. The van der Waals surface area contributed by atoms with Crippen LogP contribution < -0.4 is 0 Å². The Bertz CT molecular complexity index is 1710. The zero-order valence-electron chi connectivity index (χ0n) is 24.3. The second-order valence-electron chi connectivity index (χ2n) is 10.1. The third-order valence-corrected chi connectivity index (χ3v) is 7.54. The van der Waals surface area contributed by atoms with Crippen molar-refractivity contribution < 1.29 is 9.47 Å². The fourth-order valence-electron chi connectivity index (χ4n) is 4.94. The standard InChI is InChI=1S/C18H19BrN2O.C18H18N2O/c19-11-6-12-21-17-10-5-4-9-16(17)20-18(21)14-22-13-15-7-2-1-3-8-15;1-2-12-20-17-11-7-6-10-16(17)19-18(20)14-21-13-15-8-4-3-5-9-15/h1-5,7-10H,6,11-14H2;2-11H,1,12-14H2. The fourth-order valence-corrected chi connectivity index (χ4v) is 5.19. The van der Waals surface area contributed by atoms with Gasteiger partial charge in [-0.25, -0.2) is 9.97 Å². The minimum atomic E-state index is 0.497. The van der Waals surface area contributed by atoms with Gasteiger partial charge in [0, 0.05) is 18.4 Å². The van der Waals surface area contributed by atoms with Gasteiger partial charge in [-0.2, -0.15) is 0 Å². The monoisotopic (exact) mass is 636 g/mol. The van der Waals surface area contributed by atoms with Crippen LogP contribution in [-0.4, -0.2) is 24.4 Å². The maximum atomic E-state index is 5.86. The molecule has 6 rings (SSSR count). The van der Waals surface area contributed by atoms with Crippen molar-refractivity contribution in [1.82, 2.24) is 19.1 Å². The van der Waals surface area contributed by atoms with E-state index in [4.69, 9.17) is 14.5 Å². The number of alkyl halides is 1. The van der Waals surface area contributed by atoms with Crippen molar-refractivity contribution in [3.63, 3.8) is 0 Å². The molecule has 0 radical (unpaired) electrons. The SMILES string of the molecule is BrCCCn1c(COCc2ccccc2)nc2ccccc21.C=CCn1c(COCc2ccccc2)nc2ccccc21.